The van der Waals surface area contributed by atoms with Crippen LogP contribution in [0, 0.1) is 0 Å². The van der Waals surface area contributed by atoms with Gasteiger partial charge in [-0.2, -0.15) is 0 Å². The molecule has 1 N–H and O–H groups in total. The van der Waals surface area contributed by atoms with Gasteiger partial charge in [-0.3, -0.25) is 5.32 Å². The molecule has 0 aliphatic carbocycles. The van der Waals surface area contributed by atoms with Crippen molar-refractivity contribution in [3.05, 3.63) is 83.4 Å². The fourth-order valence-electron chi connectivity index (χ4n) is 3.82. The second-order valence-corrected chi connectivity index (χ2v) is 8.98. The molecule has 1 aliphatic heterocycles. The van der Waals surface area contributed by atoms with Crippen molar-refractivity contribution < 1.29 is 0 Å². The summed E-state index contributed by atoms with van der Waals surface area (Å²) in [5.41, 5.74) is 3.50. The molecule has 0 fully saturated rings. The molecular weight excluding hydrogens is 386 g/mol. The smallest absolute Gasteiger partial charge is 0.0969 e. The zero-order chi connectivity index (χ0) is 18.9. The molecule has 0 aromatic heterocycles. The number of benzene rings is 3. The maximum absolute atomic E-state index is 4.59. The number of fused-ring (bicyclic) bond motifs is 2. The fraction of sp³-hybridized carbons (Fsp3) is 0.217. The molecule has 0 saturated carbocycles. The van der Waals surface area contributed by atoms with Crippen molar-refractivity contribution in [3.63, 3.8) is 0 Å². The first kappa shape index (κ1) is 19.0. The number of rotatable bonds is 5. The van der Waals surface area contributed by atoms with Crippen LogP contribution in [-0.4, -0.2) is 6.54 Å². The van der Waals surface area contributed by atoms with E-state index in [9.17, 15) is 0 Å². The molecule has 3 aromatic carbocycles. The summed E-state index contributed by atoms with van der Waals surface area (Å²) < 4.78 is 0. The van der Waals surface area contributed by atoms with Gasteiger partial charge in [0.25, 0.3) is 0 Å². The van der Waals surface area contributed by atoms with Crippen molar-refractivity contribution in [2.75, 3.05) is 6.54 Å². The van der Waals surface area contributed by atoms with E-state index in [0.29, 0.717) is 0 Å². The Balaban J connectivity index is 2.01. The zero-order valence-corrected chi connectivity index (χ0v) is 17.9. The predicted molar refractivity (Wildman–Crippen MR) is 121 cm³/mol. The van der Waals surface area contributed by atoms with Crippen LogP contribution < -0.4 is 5.32 Å². The normalized spacial score (nSPS) is 14.5. The first-order valence-corrected chi connectivity index (χ1v) is 11.0. The highest BCUT2D eigenvalue weighted by molar-refractivity contribution is 7.99. The van der Waals surface area contributed by atoms with E-state index in [1.807, 2.05) is 11.8 Å². The minimum absolute atomic E-state index is 0.366. The van der Waals surface area contributed by atoms with Gasteiger partial charge in [0, 0.05) is 19.6 Å². The average molecular weight is 410 g/mol. The van der Waals surface area contributed by atoms with E-state index in [0.717, 1.165) is 29.2 Å². The Hall–Kier alpha value is -1.33. The van der Waals surface area contributed by atoms with Crippen molar-refractivity contribution in [2.45, 2.75) is 44.9 Å². The van der Waals surface area contributed by atoms with E-state index < -0.39 is 0 Å². The molecule has 0 unspecified atom stereocenters. The molecule has 0 bridgehead atoms. The molecule has 0 amide bonds. The second kappa shape index (κ2) is 7.96. The first-order chi connectivity index (χ1) is 13.1. The minimum atomic E-state index is -0.366. The van der Waals surface area contributed by atoms with Crippen molar-refractivity contribution in [3.8, 4) is 0 Å². The van der Waals surface area contributed by atoms with Gasteiger partial charge in [-0.05, 0) is 53.9 Å². The molecule has 1 nitrogen and oxygen atoms in total. The summed E-state index contributed by atoms with van der Waals surface area (Å²) in [5.74, 6) is 0. The van der Waals surface area contributed by atoms with Crippen LogP contribution in [0.3, 0.4) is 0 Å². The fourth-order valence-corrected chi connectivity index (χ4v) is 5.67. The lowest BCUT2D eigenvalue weighted by atomic mass is 9.76. The van der Waals surface area contributed by atoms with Gasteiger partial charge in [-0.15, -0.1) is 25.3 Å². The number of hydrogen-bond acceptors (Lipinski definition) is 4. The van der Waals surface area contributed by atoms with Crippen LogP contribution in [0.2, 0.25) is 0 Å². The number of nitrogens with one attached hydrogen (secondary N) is 1. The molecule has 1 aliphatic rings. The van der Waals surface area contributed by atoms with Gasteiger partial charge < -0.3 is 0 Å². The Morgan fingerprint density at radius 1 is 0.852 bits per heavy atom. The Morgan fingerprint density at radius 2 is 1.44 bits per heavy atom. The van der Waals surface area contributed by atoms with Crippen molar-refractivity contribution in [1.82, 2.24) is 5.32 Å². The largest absolute Gasteiger partial charge is 0.300 e. The molecule has 1 heterocycles. The van der Waals surface area contributed by atoms with E-state index >= 15 is 0 Å². The van der Waals surface area contributed by atoms with Crippen molar-refractivity contribution >= 4 is 37.0 Å². The third-order valence-electron chi connectivity index (χ3n) is 5.09. The summed E-state index contributed by atoms with van der Waals surface area (Å²) in [6.45, 7) is 3.19. The van der Waals surface area contributed by atoms with Crippen LogP contribution in [0.4, 0.5) is 0 Å². The number of unbranched alkanes of at least 4 members (excludes halogenated alkanes) is 1. The molecule has 3 aromatic rings. The summed E-state index contributed by atoms with van der Waals surface area (Å²) in [7, 11) is 0. The van der Waals surface area contributed by atoms with Crippen LogP contribution in [0.5, 0.6) is 0 Å². The summed E-state index contributed by atoms with van der Waals surface area (Å²) in [5, 5.41) is 3.94. The van der Waals surface area contributed by atoms with Gasteiger partial charge in [0.15, 0.2) is 0 Å². The van der Waals surface area contributed by atoms with E-state index in [1.54, 1.807) is 0 Å². The monoisotopic (exact) mass is 409 g/mol. The Kier molecular flexibility index (Phi) is 5.60. The third kappa shape index (κ3) is 3.44. The SMILES string of the molecule is CCCCNC1(c2ccccc2)c2ccc(S)cc2Sc2cc(S)ccc21. The predicted octanol–water partition coefficient (Wildman–Crippen LogP) is 6.41. The Morgan fingerprint density at radius 3 is 2.00 bits per heavy atom. The van der Waals surface area contributed by atoms with Gasteiger partial charge in [-0.25, -0.2) is 0 Å². The van der Waals surface area contributed by atoms with Crippen molar-refractivity contribution in [2.24, 2.45) is 0 Å². The van der Waals surface area contributed by atoms with Gasteiger partial charge in [0.05, 0.1) is 5.54 Å². The second-order valence-electron chi connectivity index (χ2n) is 6.86. The molecule has 0 atom stereocenters. The lowest BCUT2D eigenvalue weighted by Crippen LogP contribution is -2.46. The Labute approximate surface area is 176 Å². The Bertz CT molecular complexity index is 902. The molecule has 0 radical (unpaired) electrons. The van der Waals surface area contributed by atoms with Crippen molar-refractivity contribution in [1.29, 1.82) is 0 Å². The summed E-state index contributed by atoms with van der Waals surface area (Å²) in [6.07, 6.45) is 2.30. The summed E-state index contributed by atoms with van der Waals surface area (Å²) >= 11 is 11.0. The summed E-state index contributed by atoms with van der Waals surface area (Å²) in [4.78, 5) is 4.48. The molecule has 4 heteroatoms. The molecule has 4 rings (SSSR count). The first-order valence-electron chi connectivity index (χ1n) is 9.30. The molecular formula is C23H23NS3. The van der Waals surface area contributed by atoms with Crippen LogP contribution in [0.25, 0.3) is 0 Å². The average Bonchev–Trinajstić information content (AvgIpc) is 2.67. The zero-order valence-electron chi connectivity index (χ0n) is 15.3. The number of thiol groups is 2. The third-order valence-corrected chi connectivity index (χ3v) is 6.76. The maximum Gasteiger partial charge on any atom is 0.0969 e. The van der Waals surface area contributed by atoms with Crippen LogP contribution >= 0.6 is 37.0 Å². The quantitative estimate of drug-likeness (QED) is 0.332. The van der Waals surface area contributed by atoms with Gasteiger partial charge in [-0.1, -0.05) is 67.6 Å². The molecule has 0 saturated heterocycles. The molecule has 138 valence electrons. The molecule has 27 heavy (non-hydrogen) atoms. The summed E-state index contributed by atoms with van der Waals surface area (Å²) in [6, 6.07) is 23.8. The van der Waals surface area contributed by atoms with E-state index in [2.05, 4.69) is 104 Å². The lowest BCUT2D eigenvalue weighted by Gasteiger charge is -2.42. The standard InChI is InChI=1S/C23H23NS3/c1-2-3-13-24-23(16-7-5-4-6-8-16)19-11-9-17(25)14-21(19)27-22-15-18(26)10-12-20(22)23/h4-12,14-15,24-26H,2-3,13H2,1H3. The van der Waals surface area contributed by atoms with E-state index in [4.69, 9.17) is 0 Å². The van der Waals surface area contributed by atoms with Gasteiger partial charge in [0.2, 0.25) is 0 Å². The highest BCUT2D eigenvalue weighted by Crippen LogP contribution is 2.51. The molecule has 0 spiro atoms. The highest BCUT2D eigenvalue weighted by Gasteiger charge is 2.42. The topological polar surface area (TPSA) is 12.0 Å². The van der Waals surface area contributed by atoms with Gasteiger partial charge >= 0.3 is 0 Å². The minimum Gasteiger partial charge on any atom is -0.300 e. The van der Waals surface area contributed by atoms with Crippen LogP contribution in [0.1, 0.15) is 36.5 Å². The lowest BCUT2D eigenvalue weighted by molar-refractivity contribution is 0.448. The van der Waals surface area contributed by atoms with Crippen LogP contribution in [-0.2, 0) is 5.54 Å². The highest BCUT2D eigenvalue weighted by atomic mass is 32.2. The van der Waals surface area contributed by atoms with E-state index in [-0.39, 0.29) is 5.54 Å². The van der Waals surface area contributed by atoms with Gasteiger partial charge in [0.1, 0.15) is 0 Å². The van der Waals surface area contributed by atoms with Crippen LogP contribution in [0.15, 0.2) is 86.3 Å². The number of hydrogen-bond donors (Lipinski definition) is 3. The van der Waals surface area contributed by atoms with E-state index in [1.165, 1.54) is 26.5 Å². The maximum atomic E-state index is 4.59.